The highest BCUT2D eigenvalue weighted by Gasteiger charge is 2.48. The molecule has 8 nitrogen and oxygen atoms in total. The summed E-state index contributed by atoms with van der Waals surface area (Å²) in [6.07, 6.45) is -0.879. The topological polar surface area (TPSA) is 111 Å². The molecular formula is C22H25F3N2O6S. The molecule has 0 heterocycles. The Morgan fingerprint density at radius 2 is 1.53 bits per heavy atom. The molecule has 2 aromatic carbocycles. The zero-order valence-corrected chi connectivity index (χ0v) is 19.5. The molecule has 0 aliphatic carbocycles. The van der Waals surface area contributed by atoms with Gasteiger partial charge in [-0.15, -0.1) is 0 Å². The van der Waals surface area contributed by atoms with E-state index in [2.05, 4.69) is 14.8 Å². The lowest BCUT2D eigenvalue weighted by atomic mass is 10.0. The Hall–Kier alpha value is -3.28. The van der Waals surface area contributed by atoms with Crippen LogP contribution < -0.4 is 14.8 Å². The summed E-state index contributed by atoms with van der Waals surface area (Å²) in [7, 11) is -5.80. The van der Waals surface area contributed by atoms with Crippen molar-refractivity contribution in [2.24, 2.45) is 0 Å². The first-order valence-electron chi connectivity index (χ1n) is 10.1. The molecule has 34 heavy (non-hydrogen) atoms. The number of amides is 2. The third-order valence-electron chi connectivity index (χ3n) is 4.17. The van der Waals surface area contributed by atoms with Crippen LogP contribution in [0.2, 0.25) is 0 Å². The van der Waals surface area contributed by atoms with Gasteiger partial charge >= 0.3 is 21.7 Å². The van der Waals surface area contributed by atoms with Gasteiger partial charge in [0.05, 0.1) is 0 Å². The minimum atomic E-state index is -5.80. The largest absolute Gasteiger partial charge is 0.534 e. The van der Waals surface area contributed by atoms with E-state index in [-0.39, 0.29) is 13.0 Å². The average molecular weight is 503 g/mol. The number of alkyl carbamates (subject to hydrolysis) is 1. The van der Waals surface area contributed by atoms with Crippen LogP contribution in [0.1, 0.15) is 31.9 Å². The SMILES string of the molecule is CC(C)(C)OC(=O)N[C@H](Cc1ccc(OS(=O)(=O)C(F)(F)F)cc1)C(=O)NCc1ccccc1. The van der Waals surface area contributed by atoms with Crippen LogP contribution in [-0.2, 0) is 32.6 Å². The summed E-state index contributed by atoms with van der Waals surface area (Å²) in [5.41, 5.74) is -5.12. The number of nitrogens with one attached hydrogen (secondary N) is 2. The van der Waals surface area contributed by atoms with E-state index in [9.17, 15) is 31.2 Å². The molecule has 2 rings (SSSR count). The summed E-state index contributed by atoms with van der Waals surface area (Å²) in [6, 6.07) is 12.6. The second kappa shape index (κ2) is 10.8. The Morgan fingerprint density at radius 3 is 2.06 bits per heavy atom. The van der Waals surface area contributed by atoms with Crippen molar-refractivity contribution in [2.45, 2.75) is 50.9 Å². The summed E-state index contributed by atoms with van der Waals surface area (Å²) in [4.78, 5) is 25.0. The first kappa shape index (κ1) is 27.0. The fourth-order valence-corrected chi connectivity index (χ4v) is 3.12. The Morgan fingerprint density at radius 1 is 0.941 bits per heavy atom. The highest BCUT2D eigenvalue weighted by molar-refractivity contribution is 7.88. The van der Waals surface area contributed by atoms with Gasteiger partial charge in [0.1, 0.15) is 17.4 Å². The van der Waals surface area contributed by atoms with Gasteiger partial charge in [-0.25, -0.2) is 4.79 Å². The van der Waals surface area contributed by atoms with Crippen LogP contribution in [0, 0.1) is 0 Å². The first-order chi connectivity index (χ1) is 15.7. The molecule has 2 amide bonds. The molecule has 2 N–H and O–H groups in total. The zero-order valence-electron chi connectivity index (χ0n) is 18.7. The van der Waals surface area contributed by atoms with Crippen LogP contribution >= 0.6 is 0 Å². The van der Waals surface area contributed by atoms with E-state index < -0.39 is 45.0 Å². The molecule has 0 bridgehead atoms. The van der Waals surface area contributed by atoms with Gasteiger partial charge in [0.2, 0.25) is 5.91 Å². The van der Waals surface area contributed by atoms with E-state index in [1.54, 1.807) is 32.9 Å². The van der Waals surface area contributed by atoms with Crippen molar-refractivity contribution in [3.8, 4) is 5.75 Å². The van der Waals surface area contributed by atoms with Crippen LogP contribution in [0.25, 0.3) is 0 Å². The van der Waals surface area contributed by atoms with Gasteiger partial charge in [-0.1, -0.05) is 42.5 Å². The van der Waals surface area contributed by atoms with Crippen molar-refractivity contribution in [3.63, 3.8) is 0 Å². The monoisotopic (exact) mass is 502 g/mol. The fourth-order valence-electron chi connectivity index (χ4n) is 2.66. The van der Waals surface area contributed by atoms with E-state index in [4.69, 9.17) is 4.74 Å². The van der Waals surface area contributed by atoms with E-state index in [0.717, 1.165) is 17.7 Å². The third kappa shape index (κ3) is 8.58. The number of halogens is 3. The number of ether oxygens (including phenoxy) is 1. The number of carbonyl (C=O) groups is 2. The fraction of sp³-hybridized carbons (Fsp3) is 0.364. The number of carbonyl (C=O) groups excluding carboxylic acids is 2. The lowest BCUT2D eigenvalue weighted by Gasteiger charge is -2.23. The smallest absolute Gasteiger partial charge is 0.444 e. The number of rotatable bonds is 8. The number of hydrogen-bond donors (Lipinski definition) is 2. The maximum Gasteiger partial charge on any atom is 0.534 e. The summed E-state index contributed by atoms with van der Waals surface area (Å²) in [5.74, 6) is -1.07. The van der Waals surface area contributed by atoms with Crippen molar-refractivity contribution in [1.82, 2.24) is 10.6 Å². The van der Waals surface area contributed by atoms with Crippen molar-refractivity contribution < 1.29 is 40.1 Å². The molecule has 0 aromatic heterocycles. The first-order valence-corrected chi connectivity index (χ1v) is 11.5. The average Bonchev–Trinajstić information content (AvgIpc) is 2.71. The van der Waals surface area contributed by atoms with Gasteiger partial charge in [0, 0.05) is 13.0 Å². The van der Waals surface area contributed by atoms with Gasteiger partial charge in [-0.3, -0.25) is 4.79 Å². The molecule has 0 spiro atoms. The van der Waals surface area contributed by atoms with Crippen molar-refractivity contribution in [1.29, 1.82) is 0 Å². The number of alkyl halides is 3. The molecule has 1 atom stereocenters. The van der Waals surface area contributed by atoms with Gasteiger partial charge in [-0.2, -0.15) is 21.6 Å². The summed E-state index contributed by atoms with van der Waals surface area (Å²) in [6.45, 7) is 5.18. The highest BCUT2D eigenvalue weighted by atomic mass is 32.2. The standard InChI is InChI=1S/C22H25F3N2O6S/c1-21(2,3)32-20(29)27-18(19(28)26-14-16-7-5-4-6-8-16)13-15-9-11-17(12-10-15)33-34(30,31)22(23,24)25/h4-12,18H,13-14H2,1-3H3,(H,26,28)(H,27,29)/t18-/m1/s1. The molecule has 0 radical (unpaired) electrons. The molecule has 186 valence electrons. The molecule has 0 fully saturated rings. The third-order valence-corrected chi connectivity index (χ3v) is 5.15. The van der Waals surface area contributed by atoms with Crippen LogP contribution in [0.3, 0.4) is 0 Å². The van der Waals surface area contributed by atoms with Crippen LogP contribution in [0.4, 0.5) is 18.0 Å². The molecule has 0 unspecified atom stereocenters. The quantitative estimate of drug-likeness (QED) is 0.421. The van der Waals surface area contributed by atoms with E-state index in [1.165, 1.54) is 12.1 Å². The number of hydrogen-bond acceptors (Lipinski definition) is 6. The predicted molar refractivity (Wildman–Crippen MR) is 117 cm³/mol. The van der Waals surface area contributed by atoms with Crippen LogP contribution in [0.15, 0.2) is 54.6 Å². The minimum Gasteiger partial charge on any atom is -0.444 e. The Labute approximate surface area is 195 Å². The Kier molecular flexibility index (Phi) is 8.54. The molecule has 2 aromatic rings. The normalized spacial score (nSPS) is 13.0. The summed E-state index contributed by atoms with van der Waals surface area (Å²) < 4.78 is 69.0. The molecule has 0 saturated heterocycles. The van der Waals surface area contributed by atoms with Gasteiger partial charge in [0.25, 0.3) is 0 Å². The van der Waals surface area contributed by atoms with Crippen LogP contribution in [-0.4, -0.2) is 37.6 Å². The van der Waals surface area contributed by atoms with Gasteiger partial charge in [0.15, 0.2) is 0 Å². The summed E-state index contributed by atoms with van der Waals surface area (Å²) in [5, 5.41) is 5.19. The second-order valence-electron chi connectivity index (χ2n) is 8.23. The Bertz CT molecular complexity index is 1080. The molecular weight excluding hydrogens is 477 g/mol. The zero-order chi connectivity index (χ0) is 25.6. The van der Waals surface area contributed by atoms with Crippen LogP contribution in [0.5, 0.6) is 5.75 Å². The summed E-state index contributed by atoms with van der Waals surface area (Å²) >= 11 is 0. The predicted octanol–water partition coefficient (Wildman–Crippen LogP) is 3.67. The second-order valence-corrected chi connectivity index (χ2v) is 9.77. The lowest BCUT2D eigenvalue weighted by Crippen LogP contribution is -2.49. The minimum absolute atomic E-state index is 0.0494. The lowest BCUT2D eigenvalue weighted by molar-refractivity contribution is -0.123. The molecule has 12 heteroatoms. The van der Waals surface area contributed by atoms with Gasteiger partial charge in [-0.05, 0) is 44.0 Å². The van der Waals surface area contributed by atoms with E-state index >= 15 is 0 Å². The van der Waals surface area contributed by atoms with Crippen molar-refractivity contribution in [2.75, 3.05) is 0 Å². The molecule has 0 saturated carbocycles. The maximum absolute atomic E-state index is 12.8. The highest BCUT2D eigenvalue weighted by Crippen LogP contribution is 2.27. The van der Waals surface area contributed by atoms with Crippen molar-refractivity contribution >= 4 is 22.1 Å². The van der Waals surface area contributed by atoms with E-state index in [0.29, 0.717) is 5.56 Å². The van der Waals surface area contributed by atoms with Crippen molar-refractivity contribution in [3.05, 3.63) is 65.7 Å². The van der Waals surface area contributed by atoms with E-state index in [1.807, 2.05) is 18.2 Å². The molecule has 0 aliphatic heterocycles. The Balaban J connectivity index is 2.13. The molecule has 0 aliphatic rings. The number of benzene rings is 2. The van der Waals surface area contributed by atoms with Gasteiger partial charge < -0.3 is 19.6 Å². The maximum atomic E-state index is 12.8.